The molecule has 0 aromatic carbocycles. The number of hydrogen-bond donors (Lipinski definition) is 0. The van der Waals surface area contributed by atoms with E-state index < -0.39 is 12.0 Å². The first-order chi connectivity index (χ1) is 6.11. The number of aliphatic imine (C=N–C) groups is 1. The van der Waals surface area contributed by atoms with Gasteiger partial charge in [-0.3, -0.25) is 0 Å². The zero-order valence-electron chi connectivity index (χ0n) is 8.37. The molecule has 76 valence electrons. The minimum absolute atomic E-state index is 0.485. The maximum Gasteiger partial charge on any atom is 0.183 e. The first-order valence-corrected chi connectivity index (χ1v) is 4.43. The lowest BCUT2D eigenvalue weighted by atomic mass is 10.2. The summed E-state index contributed by atoms with van der Waals surface area (Å²) in [5.41, 5.74) is 0. The van der Waals surface area contributed by atoms with Crippen molar-refractivity contribution < 1.29 is 14.6 Å². The van der Waals surface area contributed by atoms with Crippen molar-refractivity contribution in [3.8, 4) is 0 Å². The van der Waals surface area contributed by atoms with E-state index in [2.05, 4.69) is 11.9 Å². The molecule has 0 bridgehead atoms. The second-order valence-corrected chi connectivity index (χ2v) is 2.83. The molecule has 0 aliphatic heterocycles. The van der Waals surface area contributed by atoms with Crippen LogP contribution in [-0.2, 0) is 9.53 Å². The van der Waals surface area contributed by atoms with Crippen LogP contribution >= 0.6 is 0 Å². The third kappa shape index (κ3) is 5.22. The summed E-state index contributed by atoms with van der Waals surface area (Å²) >= 11 is 0. The molecule has 4 heteroatoms. The number of carboxylic acids is 1. The monoisotopic (exact) mass is 186 g/mol. The van der Waals surface area contributed by atoms with Crippen LogP contribution in [0.1, 0.15) is 33.1 Å². The van der Waals surface area contributed by atoms with Crippen LogP contribution in [0.25, 0.3) is 0 Å². The van der Waals surface area contributed by atoms with E-state index in [9.17, 15) is 9.90 Å². The van der Waals surface area contributed by atoms with Crippen LogP contribution in [0.4, 0.5) is 0 Å². The Balaban J connectivity index is 4.11. The van der Waals surface area contributed by atoms with E-state index in [1.807, 2.05) is 0 Å². The van der Waals surface area contributed by atoms with Crippen molar-refractivity contribution in [3.05, 3.63) is 0 Å². The maximum atomic E-state index is 10.4. The molecule has 0 aromatic heterocycles. The van der Waals surface area contributed by atoms with Crippen LogP contribution in [0.15, 0.2) is 4.99 Å². The molecule has 4 nitrogen and oxygen atoms in total. The first kappa shape index (κ1) is 11.9. The Hall–Kier alpha value is -1.06. The molecule has 0 aliphatic rings. The number of unbranched alkanes of at least 4 members (excludes halogenated alkanes) is 1. The summed E-state index contributed by atoms with van der Waals surface area (Å²) in [7, 11) is 1.50. The van der Waals surface area contributed by atoms with Crippen molar-refractivity contribution >= 4 is 11.9 Å². The molecule has 1 atom stereocenters. The second-order valence-electron chi connectivity index (χ2n) is 2.83. The van der Waals surface area contributed by atoms with Crippen LogP contribution in [0.3, 0.4) is 0 Å². The van der Waals surface area contributed by atoms with Crippen LogP contribution in [-0.4, -0.2) is 25.0 Å². The lowest BCUT2D eigenvalue weighted by molar-refractivity contribution is -0.306. The maximum absolute atomic E-state index is 10.4. The van der Waals surface area contributed by atoms with Crippen LogP contribution in [0, 0.1) is 0 Å². The average Bonchev–Trinajstić information content (AvgIpc) is 2.11. The molecule has 0 radical (unpaired) electrons. The summed E-state index contributed by atoms with van der Waals surface area (Å²) in [5, 5.41) is 10.4. The number of carboxylic acid groups (broad SMARTS) is 1. The van der Waals surface area contributed by atoms with Gasteiger partial charge in [0.15, 0.2) is 5.90 Å². The fourth-order valence-corrected chi connectivity index (χ4v) is 0.816. The molecule has 1 unspecified atom stereocenters. The topological polar surface area (TPSA) is 61.7 Å². The van der Waals surface area contributed by atoms with Crippen molar-refractivity contribution in [2.24, 2.45) is 4.99 Å². The third-order valence-electron chi connectivity index (χ3n) is 1.66. The quantitative estimate of drug-likeness (QED) is 0.460. The molecule has 0 amide bonds. The number of nitrogens with zero attached hydrogens (tertiary/aromatic N) is 1. The molecular weight excluding hydrogens is 170 g/mol. The number of ether oxygens (including phenoxy) is 1. The first-order valence-electron chi connectivity index (χ1n) is 4.43. The largest absolute Gasteiger partial charge is 0.548 e. The Morgan fingerprint density at radius 2 is 2.23 bits per heavy atom. The molecule has 0 aromatic rings. The zero-order chi connectivity index (χ0) is 10.3. The van der Waals surface area contributed by atoms with Gasteiger partial charge in [0, 0.05) is 6.42 Å². The molecule has 0 saturated heterocycles. The average molecular weight is 186 g/mol. The summed E-state index contributed by atoms with van der Waals surface area (Å²) in [4.78, 5) is 14.2. The molecule has 0 N–H and O–H groups in total. The lowest BCUT2D eigenvalue weighted by Gasteiger charge is -2.10. The highest BCUT2D eigenvalue weighted by Crippen LogP contribution is 2.00. The Labute approximate surface area is 78.6 Å². The van der Waals surface area contributed by atoms with E-state index in [0.717, 1.165) is 12.8 Å². The molecular formula is C9H16NO3-. The summed E-state index contributed by atoms with van der Waals surface area (Å²) in [6.07, 6.45) is 2.67. The van der Waals surface area contributed by atoms with E-state index in [1.54, 1.807) is 0 Å². The SMILES string of the molecule is CCCCC(=NC(C)C(=O)[O-])OC. The van der Waals surface area contributed by atoms with Crippen LogP contribution in [0.5, 0.6) is 0 Å². The van der Waals surface area contributed by atoms with E-state index in [4.69, 9.17) is 4.74 Å². The third-order valence-corrected chi connectivity index (χ3v) is 1.66. The van der Waals surface area contributed by atoms with Gasteiger partial charge in [-0.2, -0.15) is 0 Å². The van der Waals surface area contributed by atoms with Gasteiger partial charge in [-0.05, 0) is 13.3 Å². The van der Waals surface area contributed by atoms with Gasteiger partial charge in [0.1, 0.15) is 0 Å². The molecule has 13 heavy (non-hydrogen) atoms. The van der Waals surface area contributed by atoms with E-state index in [1.165, 1.54) is 14.0 Å². The lowest BCUT2D eigenvalue weighted by Crippen LogP contribution is -2.33. The summed E-state index contributed by atoms with van der Waals surface area (Å²) in [5.74, 6) is -0.690. The van der Waals surface area contributed by atoms with Gasteiger partial charge in [-0.25, -0.2) is 4.99 Å². The normalized spacial score (nSPS) is 13.9. The Morgan fingerprint density at radius 3 is 2.62 bits per heavy atom. The number of carbonyl (C=O) groups excluding carboxylic acids is 1. The number of rotatable bonds is 5. The molecule has 0 fully saturated rings. The van der Waals surface area contributed by atoms with Crippen molar-refractivity contribution in [1.29, 1.82) is 0 Å². The van der Waals surface area contributed by atoms with Gasteiger partial charge >= 0.3 is 0 Å². The minimum Gasteiger partial charge on any atom is -0.548 e. The summed E-state index contributed by atoms with van der Waals surface area (Å²) in [6, 6.07) is -0.827. The predicted molar refractivity (Wildman–Crippen MR) is 48.4 cm³/mol. The van der Waals surface area contributed by atoms with Gasteiger partial charge < -0.3 is 14.6 Å². The summed E-state index contributed by atoms with van der Waals surface area (Å²) in [6.45, 7) is 3.52. The Kier molecular flexibility index (Phi) is 5.93. The second kappa shape index (κ2) is 6.46. The predicted octanol–water partition coefficient (Wildman–Crippen LogP) is 0.360. The number of carbonyl (C=O) groups is 1. The molecule has 0 rings (SSSR count). The standard InChI is InChI=1S/C9H17NO3/c1-4-5-6-8(13-3)10-7(2)9(11)12/h7H,4-6H2,1-3H3,(H,11,12)/p-1. The van der Waals surface area contributed by atoms with Gasteiger partial charge in [0.05, 0.1) is 19.1 Å². The van der Waals surface area contributed by atoms with Crippen molar-refractivity contribution in [2.45, 2.75) is 39.2 Å². The fourth-order valence-electron chi connectivity index (χ4n) is 0.816. The van der Waals surface area contributed by atoms with Gasteiger partial charge in [-0.15, -0.1) is 0 Å². The molecule has 0 heterocycles. The Bertz CT molecular complexity index is 189. The molecule has 0 spiro atoms. The van der Waals surface area contributed by atoms with Gasteiger partial charge in [-0.1, -0.05) is 13.3 Å². The van der Waals surface area contributed by atoms with Crippen molar-refractivity contribution in [3.63, 3.8) is 0 Å². The highest BCUT2D eigenvalue weighted by atomic mass is 16.5. The summed E-state index contributed by atoms with van der Waals surface area (Å²) < 4.78 is 4.93. The zero-order valence-corrected chi connectivity index (χ0v) is 8.37. The van der Waals surface area contributed by atoms with Gasteiger partial charge in [0.25, 0.3) is 0 Å². The van der Waals surface area contributed by atoms with E-state index in [0.29, 0.717) is 12.3 Å². The number of aliphatic carboxylic acids is 1. The van der Waals surface area contributed by atoms with Crippen LogP contribution in [0.2, 0.25) is 0 Å². The van der Waals surface area contributed by atoms with E-state index in [-0.39, 0.29) is 0 Å². The number of methoxy groups -OCH3 is 1. The minimum atomic E-state index is -1.17. The number of hydrogen-bond acceptors (Lipinski definition) is 4. The van der Waals surface area contributed by atoms with Crippen molar-refractivity contribution in [2.75, 3.05) is 7.11 Å². The molecule has 0 saturated carbocycles. The highest BCUT2D eigenvalue weighted by molar-refractivity contribution is 5.80. The smallest absolute Gasteiger partial charge is 0.183 e. The fraction of sp³-hybridized carbons (Fsp3) is 0.778. The van der Waals surface area contributed by atoms with E-state index >= 15 is 0 Å². The van der Waals surface area contributed by atoms with Crippen LogP contribution < -0.4 is 5.11 Å². The van der Waals surface area contributed by atoms with Gasteiger partial charge in [0.2, 0.25) is 0 Å². The Morgan fingerprint density at radius 1 is 1.62 bits per heavy atom. The van der Waals surface area contributed by atoms with Crippen molar-refractivity contribution in [1.82, 2.24) is 0 Å². The highest BCUT2D eigenvalue weighted by Gasteiger charge is 2.03. The molecule has 0 aliphatic carbocycles.